The van der Waals surface area contributed by atoms with Gasteiger partial charge in [0.15, 0.2) is 0 Å². The first kappa shape index (κ1) is 12.9. The molecule has 1 aromatic heterocycles. The van der Waals surface area contributed by atoms with Gasteiger partial charge in [0, 0.05) is 25.4 Å². The number of nitrogens with zero attached hydrogens (tertiary/aromatic N) is 2. The van der Waals surface area contributed by atoms with Gasteiger partial charge in [0.05, 0.1) is 6.54 Å². The van der Waals surface area contributed by atoms with E-state index in [1.165, 1.54) is 0 Å². The lowest BCUT2D eigenvalue weighted by molar-refractivity contribution is -0.121. The molecule has 0 bridgehead atoms. The summed E-state index contributed by atoms with van der Waals surface area (Å²) in [5.41, 5.74) is 0.940. The number of hydrogen-bond donors (Lipinski definition) is 1. The number of carbonyl (C=O) groups excluding carboxylic acids is 1. The summed E-state index contributed by atoms with van der Waals surface area (Å²) in [7, 11) is 1.63. The first-order chi connectivity index (χ1) is 7.67. The van der Waals surface area contributed by atoms with Gasteiger partial charge in [0.2, 0.25) is 5.91 Å². The van der Waals surface area contributed by atoms with Crippen LogP contribution in [0.4, 0.5) is 0 Å². The number of rotatable bonds is 5. The minimum absolute atomic E-state index is 0.00172. The van der Waals surface area contributed by atoms with Crippen molar-refractivity contribution in [2.24, 2.45) is 0 Å². The maximum absolute atomic E-state index is 11.3. The molecule has 0 spiro atoms. The van der Waals surface area contributed by atoms with Crippen molar-refractivity contribution in [3.8, 4) is 0 Å². The highest BCUT2D eigenvalue weighted by atomic mass is 35.5. The van der Waals surface area contributed by atoms with Crippen LogP contribution in [0.2, 0.25) is 5.15 Å². The molecule has 88 valence electrons. The van der Waals surface area contributed by atoms with E-state index in [9.17, 15) is 4.79 Å². The summed E-state index contributed by atoms with van der Waals surface area (Å²) in [6.07, 6.45) is 1.65. The molecule has 0 radical (unpaired) electrons. The minimum Gasteiger partial charge on any atom is -0.358 e. The standard InChI is InChI=1S/C11H16ClN3O/c1-3-15(8-10(16)13-2)7-9-5-4-6-14-11(9)12/h4-6H,3,7-8H2,1-2H3,(H,13,16). The molecular weight excluding hydrogens is 226 g/mol. The van der Waals surface area contributed by atoms with Crippen molar-refractivity contribution in [2.75, 3.05) is 20.1 Å². The van der Waals surface area contributed by atoms with Crippen molar-refractivity contribution in [1.82, 2.24) is 15.2 Å². The van der Waals surface area contributed by atoms with Gasteiger partial charge in [-0.05, 0) is 12.6 Å². The fourth-order valence-corrected chi connectivity index (χ4v) is 1.52. The second kappa shape index (κ2) is 6.45. The summed E-state index contributed by atoms with van der Waals surface area (Å²) in [6, 6.07) is 3.76. The fraction of sp³-hybridized carbons (Fsp3) is 0.455. The Labute approximate surface area is 101 Å². The molecule has 0 aliphatic carbocycles. The van der Waals surface area contributed by atoms with Gasteiger partial charge in [-0.15, -0.1) is 0 Å². The van der Waals surface area contributed by atoms with Crippen LogP contribution in [-0.2, 0) is 11.3 Å². The van der Waals surface area contributed by atoms with Gasteiger partial charge in [0.1, 0.15) is 5.15 Å². The van der Waals surface area contributed by atoms with Crippen LogP contribution in [0.1, 0.15) is 12.5 Å². The molecule has 0 unspecified atom stereocenters. The third kappa shape index (κ3) is 3.79. The van der Waals surface area contributed by atoms with Crippen LogP contribution in [0.5, 0.6) is 0 Å². The van der Waals surface area contributed by atoms with Crippen molar-refractivity contribution in [3.05, 3.63) is 29.0 Å². The summed E-state index contributed by atoms with van der Waals surface area (Å²) >= 11 is 5.96. The number of amides is 1. The molecular formula is C11H16ClN3O. The molecule has 1 amide bonds. The Morgan fingerprint density at radius 2 is 2.38 bits per heavy atom. The van der Waals surface area contributed by atoms with E-state index in [-0.39, 0.29) is 5.91 Å². The molecule has 16 heavy (non-hydrogen) atoms. The van der Waals surface area contributed by atoms with E-state index < -0.39 is 0 Å². The summed E-state index contributed by atoms with van der Waals surface area (Å²) in [5, 5.41) is 3.10. The molecule has 0 aliphatic rings. The average molecular weight is 242 g/mol. The van der Waals surface area contributed by atoms with Crippen LogP contribution in [0.15, 0.2) is 18.3 Å². The van der Waals surface area contributed by atoms with Crippen molar-refractivity contribution in [1.29, 1.82) is 0 Å². The topological polar surface area (TPSA) is 45.2 Å². The number of aromatic nitrogens is 1. The quantitative estimate of drug-likeness (QED) is 0.791. The Kier molecular flexibility index (Phi) is 5.22. The van der Waals surface area contributed by atoms with Gasteiger partial charge in [0.25, 0.3) is 0 Å². The van der Waals surface area contributed by atoms with Crippen LogP contribution < -0.4 is 5.32 Å². The van der Waals surface area contributed by atoms with E-state index >= 15 is 0 Å². The molecule has 0 saturated carbocycles. The van der Waals surface area contributed by atoms with E-state index in [2.05, 4.69) is 10.3 Å². The number of nitrogens with one attached hydrogen (secondary N) is 1. The van der Waals surface area contributed by atoms with Crippen LogP contribution in [0.25, 0.3) is 0 Å². The van der Waals surface area contributed by atoms with Crippen LogP contribution >= 0.6 is 11.6 Å². The van der Waals surface area contributed by atoms with Crippen LogP contribution in [0.3, 0.4) is 0 Å². The van der Waals surface area contributed by atoms with Crippen molar-refractivity contribution in [3.63, 3.8) is 0 Å². The third-order valence-electron chi connectivity index (χ3n) is 2.32. The zero-order chi connectivity index (χ0) is 12.0. The number of halogens is 1. The molecule has 1 N–H and O–H groups in total. The lowest BCUT2D eigenvalue weighted by atomic mass is 10.2. The van der Waals surface area contributed by atoms with E-state index in [0.29, 0.717) is 18.2 Å². The predicted molar refractivity (Wildman–Crippen MR) is 64.3 cm³/mol. The average Bonchev–Trinajstić information content (AvgIpc) is 2.30. The van der Waals surface area contributed by atoms with Crippen LogP contribution in [0, 0.1) is 0 Å². The Morgan fingerprint density at radius 3 is 2.94 bits per heavy atom. The third-order valence-corrected chi connectivity index (χ3v) is 2.66. The summed E-state index contributed by atoms with van der Waals surface area (Å²) in [5.74, 6) is 0.00172. The largest absolute Gasteiger partial charge is 0.358 e. The molecule has 1 rings (SSSR count). The second-order valence-corrected chi connectivity index (χ2v) is 3.79. The molecule has 4 nitrogen and oxygen atoms in total. The smallest absolute Gasteiger partial charge is 0.233 e. The van der Waals surface area contributed by atoms with E-state index in [1.54, 1.807) is 13.2 Å². The van der Waals surface area contributed by atoms with Gasteiger partial charge in [-0.3, -0.25) is 9.69 Å². The SMILES string of the molecule is CCN(CC(=O)NC)Cc1cccnc1Cl. The molecule has 0 saturated heterocycles. The summed E-state index contributed by atoms with van der Waals surface area (Å²) < 4.78 is 0. The lowest BCUT2D eigenvalue weighted by Crippen LogP contribution is -2.35. The zero-order valence-electron chi connectivity index (χ0n) is 9.53. The summed E-state index contributed by atoms with van der Waals surface area (Å²) in [4.78, 5) is 17.3. The number of carbonyl (C=O) groups is 1. The molecule has 0 aliphatic heterocycles. The first-order valence-electron chi connectivity index (χ1n) is 5.19. The van der Waals surface area contributed by atoms with Gasteiger partial charge < -0.3 is 5.32 Å². The number of hydrogen-bond acceptors (Lipinski definition) is 3. The van der Waals surface area contributed by atoms with Crippen molar-refractivity contribution < 1.29 is 4.79 Å². The monoisotopic (exact) mass is 241 g/mol. The molecule has 1 heterocycles. The van der Waals surface area contributed by atoms with Gasteiger partial charge in [-0.1, -0.05) is 24.6 Å². The van der Waals surface area contributed by atoms with Gasteiger partial charge >= 0.3 is 0 Å². The lowest BCUT2D eigenvalue weighted by Gasteiger charge is -2.19. The highest BCUT2D eigenvalue weighted by molar-refractivity contribution is 6.30. The molecule has 0 fully saturated rings. The fourth-order valence-electron chi connectivity index (χ4n) is 1.34. The maximum Gasteiger partial charge on any atom is 0.233 e. The van der Waals surface area contributed by atoms with Crippen LogP contribution in [-0.4, -0.2) is 35.9 Å². The maximum atomic E-state index is 11.3. The van der Waals surface area contributed by atoms with Crippen molar-refractivity contribution >= 4 is 17.5 Å². The Balaban J connectivity index is 2.63. The Bertz CT molecular complexity index is 357. The normalized spacial score (nSPS) is 10.5. The van der Waals surface area contributed by atoms with E-state index in [1.807, 2.05) is 24.0 Å². The summed E-state index contributed by atoms with van der Waals surface area (Å²) in [6.45, 7) is 3.81. The van der Waals surface area contributed by atoms with Gasteiger partial charge in [-0.2, -0.15) is 0 Å². The number of pyridine rings is 1. The van der Waals surface area contributed by atoms with Crippen molar-refractivity contribution in [2.45, 2.75) is 13.5 Å². The minimum atomic E-state index is 0.00172. The van der Waals surface area contributed by atoms with Gasteiger partial charge in [-0.25, -0.2) is 4.98 Å². The number of likely N-dealkylation sites (N-methyl/N-ethyl adjacent to an activating group) is 2. The molecule has 1 aromatic rings. The zero-order valence-corrected chi connectivity index (χ0v) is 10.3. The highest BCUT2D eigenvalue weighted by Gasteiger charge is 2.10. The Morgan fingerprint density at radius 1 is 1.62 bits per heavy atom. The molecule has 5 heteroatoms. The highest BCUT2D eigenvalue weighted by Crippen LogP contribution is 2.13. The molecule has 0 atom stereocenters. The van der Waals surface area contributed by atoms with E-state index in [0.717, 1.165) is 12.1 Å². The predicted octanol–water partition coefficient (Wildman–Crippen LogP) is 1.30. The van der Waals surface area contributed by atoms with E-state index in [4.69, 9.17) is 11.6 Å². The second-order valence-electron chi connectivity index (χ2n) is 3.43. The molecule has 0 aromatic carbocycles. The first-order valence-corrected chi connectivity index (χ1v) is 5.57. The Hall–Kier alpha value is -1.13.